The van der Waals surface area contributed by atoms with E-state index in [4.69, 9.17) is 0 Å². The van der Waals surface area contributed by atoms with Crippen LogP contribution in [0, 0.1) is 11.8 Å². The van der Waals surface area contributed by atoms with Gasteiger partial charge in [0.05, 0.1) is 62.3 Å². The molecule has 0 bridgehead atoms. The summed E-state index contributed by atoms with van der Waals surface area (Å²) >= 11 is 0. The van der Waals surface area contributed by atoms with Crippen molar-refractivity contribution < 1.29 is 28.8 Å². The number of carboxylic acid groups (broad SMARTS) is 2. The van der Waals surface area contributed by atoms with Gasteiger partial charge in [-0.15, -0.1) is 0 Å². The van der Waals surface area contributed by atoms with Crippen LogP contribution in [-0.4, -0.2) is 82.4 Å². The highest BCUT2D eigenvalue weighted by Gasteiger charge is 2.17. The molecule has 230 valence electrons. The highest BCUT2D eigenvalue weighted by atomic mass is 16.4. The molecule has 6 nitrogen and oxygen atoms in total. The number of hydrogen-bond donors (Lipinski definition) is 1. The number of hydrogen-bond acceptors (Lipinski definition) is 3. The third kappa shape index (κ3) is 44.8. The highest BCUT2D eigenvalue weighted by molar-refractivity contribution is 5.69. The third-order valence-corrected chi connectivity index (χ3v) is 5.85. The predicted molar refractivity (Wildman–Crippen MR) is 162 cm³/mol. The van der Waals surface area contributed by atoms with Crippen molar-refractivity contribution in [3.05, 3.63) is 0 Å². The number of carbonyl (C=O) groups is 2. The minimum atomic E-state index is -0.935. The molecule has 0 radical (unpaired) electrons. The molecular weight excluding hydrogens is 476 g/mol. The van der Waals surface area contributed by atoms with E-state index < -0.39 is 11.9 Å². The van der Waals surface area contributed by atoms with Gasteiger partial charge in [-0.25, -0.2) is 0 Å². The van der Waals surface area contributed by atoms with Gasteiger partial charge < -0.3 is 24.0 Å². The van der Waals surface area contributed by atoms with Gasteiger partial charge in [0.15, 0.2) is 0 Å². The summed E-state index contributed by atoms with van der Waals surface area (Å²) in [5.41, 5.74) is 0. The van der Waals surface area contributed by atoms with E-state index in [0.29, 0.717) is 19.3 Å². The second-order valence-corrected chi connectivity index (χ2v) is 13.8. The molecule has 0 aliphatic carbocycles. The lowest BCUT2D eigenvalue weighted by Crippen LogP contribution is -2.31. The van der Waals surface area contributed by atoms with Crippen molar-refractivity contribution in [2.45, 2.75) is 129 Å². The smallest absolute Gasteiger partial charge is 0.306 e. The zero-order chi connectivity index (χ0) is 30.0. The van der Waals surface area contributed by atoms with Crippen LogP contribution in [0.15, 0.2) is 0 Å². The van der Waals surface area contributed by atoms with Crippen LogP contribution in [-0.2, 0) is 9.59 Å². The van der Waals surface area contributed by atoms with Crippen LogP contribution in [0.4, 0.5) is 0 Å². The molecule has 0 spiro atoms. The van der Waals surface area contributed by atoms with Crippen molar-refractivity contribution in [2.75, 3.05) is 56.4 Å². The standard InChI is InChI=1S/C24H46O4.2C4H12N/c1-3-5-7-9-11-13-17-21(23(25)26)19-15-16-20-22(24(27)28)18-14-12-10-8-6-4-2;2*1-5(2,3)4/h21-22H,3-20H2,1-2H3,(H,25,26)(H,27,28);2*1-4H3/q;2*+1/p-1. The van der Waals surface area contributed by atoms with E-state index in [1.54, 1.807) is 0 Å². The van der Waals surface area contributed by atoms with Gasteiger partial charge in [0.25, 0.3) is 0 Å². The summed E-state index contributed by atoms with van der Waals surface area (Å²) in [5.74, 6) is -2.27. The summed E-state index contributed by atoms with van der Waals surface area (Å²) in [6.07, 6.45) is 18.3. The van der Waals surface area contributed by atoms with Crippen molar-refractivity contribution in [3.63, 3.8) is 0 Å². The summed E-state index contributed by atoms with van der Waals surface area (Å²) in [4.78, 5) is 22.8. The van der Waals surface area contributed by atoms with Crippen LogP contribution < -0.4 is 5.11 Å². The lowest BCUT2D eigenvalue weighted by atomic mass is 9.91. The second-order valence-electron chi connectivity index (χ2n) is 13.8. The first-order chi connectivity index (χ1) is 17.5. The van der Waals surface area contributed by atoms with Crippen LogP contribution >= 0.6 is 0 Å². The monoisotopic (exact) mass is 546 g/mol. The van der Waals surface area contributed by atoms with Crippen LogP contribution in [0.3, 0.4) is 0 Å². The maximum Gasteiger partial charge on any atom is 0.306 e. The first-order valence-electron chi connectivity index (χ1n) is 15.5. The van der Waals surface area contributed by atoms with Gasteiger partial charge in [-0.05, 0) is 31.6 Å². The first-order valence-corrected chi connectivity index (χ1v) is 15.5. The fourth-order valence-corrected chi connectivity index (χ4v) is 3.89. The number of aliphatic carboxylic acids is 2. The largest absolute Gasteiger partial charge is 0.550 e. The van der Waals surface area contributed by atoms with Gasteiger partial charge in [0.2, 0.25) is 0 Å². The van der Waals surface area contributed by atoms with Gasteiger partial charge >= 0.3 is 5.97 Å². The molecule has 2 atom stereocenters. The lowest BCUT2D eigenvalue weighted by Gasteiger charge is -2.18. The summed E-state index contributed by atoms with van der Waals surface area (Å²) in [6.45, 7) is 4.38. The molecular formula is C32H69N2O4+. The number of carbonyl (C=O) groups excluding carboxylic acids is 1. The maximum atomic E-state index is 11.4. The van der Waals surface area contributed by atoms with Crippen molar-refractivity contribution in [3.8, 4) is 0 Å². The van der Waals surface area contributed by atoms with E-state index in [9.17, 15) is 19.8 Å². The number of unbranched alkanes of at least 4 members (excludes halogenated alkanes) is 11. The lowest BCUT2D eigenvalue weighted by molar-refractivity contribution is -0.849. The van der Waals surface area contributed by atoms with Crippen molar-refractivity contribution in [1.82, 2.24) is 0 Å². The van der Waals surface area contributed by atoms with E-state index in [2.05, 4.69) is 70.2 Å². The molecule has 0 aromatic rings. The Bertz CT molecular complexity index is 479. The van der Waals surface area contributed by atoms with E-state index in [1.807, 2.05) is 0 Å². The van der Waals surface area contributed by atoms with Crippen LogP contribution in [0.2, 0.25) is 0 Å². The number of carboxylic acids is 2. The highest BCUT2D eigenvalue weighted by Crippen LogP contribution is 2.22. The predicted octanol–water partition coefficient (Wildman–Crippen LogP) is 6.76. The van der Waals surface area contributed by atoms with Crippen molar-refractivity contribution >= 4 is 11.9 Å². The molecule has 0 fully saturated rings. The molecule has 0 aliphatic rings. The fourth-order valence-electron chi connectivity index (χ4n) is 3.89. The van der Waals surface area contributed by atoms with Gasteiger partial charge in [-0.1, -0.05) is 104 Å². The molecule has 0 heterocycles. The zero-order valence-corrected chi connectivity index (χ0v) is 27.4. The molecule has 1 N–H and O–H groups in total. The molecule has 0 saturated carbocycles. The SMILES string of the molecule is CCCCCCCCC(CCCCC(CCCCCCCC)C(=O)O)C(=O)[O-].C[N+](C)(C)C.C[N+](C)(C)C. The Labute approximate surface area is 238 Å². The van der Waals surface area contributed by atoms with Crippen molar-refractivity contribution in [2.24, 2.45) is 11.8 Å². The van der Waals surface area contributed by atoms with Gasteiger partial charge in [-0.3, -0.25) is 4.79 Å². The topological polar surface area (TPSA) is 77.4 Å². The molecule has 0 aliphatic heterocycles. The van der Waals surface area contributed by atoms with Crippen LogP contribution in [0.25, 0.3) is 0 Å². The molecule has 2 unspecified atom stereocenters. The molecule has 0 aromatic heterocycles. The Morgan fingerprint density at radius 1 is 0.526 bits per heavy atom. The molecule has 0 rings (SSSR count). The summed E-state index contributed by atoms with van der Waals surface area (Å²) < 4.78 is 2.00. The molecule has 6 heteroatoms. The molecule has 0 amide bonds. The Morgan fingerprint density at radius 2 is 0.763 bits per heavy atom. The Balaban J connectivity index is -0.00000103. The number of rotatable bonds is 21. The van der Waals surface area contributed by atoms with Gasteiger partial charge in [-0.2, -0.15) is 0 Å². The van der Waals surface area contributed by atoms with E-state index in [0.717, 1.165) is 53.9 Å². The molecule has 0 saturated heterocycles. The van der Waals surface area contributed by atoms with E-state index >= 15 is 0 Å². The van der Waals surface area contributed by atoms with Crippen molar-refractivity contribution in [1.29, 1.82) is 0 Å². The Hall–Kier alpha value is -1.14. The second kappa shape index (κ2) is 26.1. The fraction of sp³-hybridized carbons (Fsp3) is 0.938. The summed E-state index contributed by atoms with van der Waals surface area (Å²) in [7, 11) is 17.0. The van der Waals surface area contributed by atoms with Gasteiger partial charge in [0, 0.05) is 5.97 Å². The summed E-state index contributed by atoms with van der Waals surface area (Å²) in [6, 6.07) is 0. The normalized spacial score (nSPS) is 13.0. The molecule has 0 aromatic carbocycles. The zero-order valence-electron chi connectivity index (χ0n) is 27.4. The van der Waals surface area contributed by atoms with E-state index in [1.165, 1.54) is 51.4 Å². The quantitative estimate of drug-likeness (QED) is 0.128. The van der Waals surface area contributed by atoms with Crippen LogP contribution in [0.5, 0.6) is 0 Å². The number of nitrogens with zero attached hydrogens (tertiary/aromatic N) is 2. The average Bonchev–Trinajstić information content (AvgIpc) is 2.75. The third-order valence-electron chi connectivity index (χ3n) is 5.85. The Kier molecular flexibility index (Phi) is 28.4. The maximum absolute atomic E-state index is 11.4. The minimum absolute atomic E-state index is 0.272. The first kappa shape index (κ1) is 41.3. The van der Waals surface area contributed by atoms with Gasteiger partial charge in [0.1, 0.15) is 0 Å². The Morgan fingerprint density at radius 3 is 1.03 bits per heavy atom. The van der Waals surface area contributed by atoms with E-state index in [-0.39, 0.29) is 11.8 Å². The van der Waals surface area contributed by atoms with Crippen LogP contribution in [0.1, 0.15) is 129 Å². The number of quaternary nitrogens is 2. The minimum Gasteiger partial charge on any atom is -0.550 e. The average molecular weight is 546 g/mol. The molecule has 38 heavy (non-hydrogen) atoms. The summed E-state index contributed by atoms with van der Waals surface area (Å²) in [5, 5.41) is 20.8.